The van der Waals surface area contributed by atoms with E-state index >= 15 is 0 Å². The van der Waals surface area contributed by atoms with Crippen LogP contribution >= 0.6 is 27.3 Å². The number of fused-ring (bicyclic) bond motifs is 2. The van der Waals surface area contributed by atoms with Crippen molar-refractivity contribution < 1.29 is 19.2 Å². The van der Waals surface area contributed by atoms with E-state index in [1.54, 1.807) is 6.07 Å². The SMILES string of the molecule is CC(C)C[C@H](NC(=O)c1cc2c(Br)cccc2[nH]1)C(=O)N[C@@H](C[C@@H]1CCNC1=O)C(=O)c1nc2ccccc2s1. The number of benzene rings is 2. The first-order valence-electron chi connectivity index (χ1n) is 13.3. The van der Waals surface area contributed by atoms with Gasteiger partial charge in [-0.15, -0.1) is 11.3 Å². The van der Waals surface area contributed by atoms with Gasteiger partial charge in [0.1, 0.15) is 11.7 Å². The number of amides is 3. The van der Waals surface area contributed by atoms with Crippen LogP contribution in [0, 0.1) is 11.8 Å². The molecule has 4 N–H and O–H groups in total. The lowest BCUT2D eigenvalue weighted by atomic mass is 9.95. The second kappa shape index (κ2) is 11.9. The van der Waals surface area contributed by atoms with Gasteiger partial charge in [-0.2, -0.15) is 0 Å². The third-order valence-electron chi connectivity index (χ3n) is 7.01. The van der Waals surface area contributed by atoms with E-state index in [0.717, 1.165) is 20.1 Å². The van der Waals surface area contributed by atoms with E-state index in [-0.39, 0.29) is 29.0 Å². The minimum Gasteiger partial charge on any atom is -0.356 e. The average Bonchev–Trinajstić information content (AvgIpc) is 3.66. The number of para-hydroxylation sites is 1. The summed E-state index contributed by atoms with van der Waals surface area (Å²) in [5.41, 5.74) is 1.82. The highest BCUT2D eigenvalue weighted by atomic mass is 79.9. The van der Waals surface area contributed by atoms with Crippen molar-refractivity contribution in [3.8, 4) is 0 Å². The van der Waals surface area contributed by atoms with Crippen LogP contribution in [0.1, 0.15) is 53.4 Å². The van der Waals surface area contributed by atoms with Gasteiger partial charge in [-0.1, -0.05) is 48.0 Å². The lowest BCUT2D eigenvalue weighted by Crippen LogP contribution is -2.52. The summed E-state index contributed by atoms with van der Waals surface area (Å²) >= 11 is 4.76. The monoisotopic (exact) mass is 623 g/mol. The summed E-state index contributed by atoms with van der Waals surface area (Å²) in [5, 5.41) is 9.65. The number of carbonyl (C=O) groups excluding carboxylic acids is 4. The number of carbonyl (C=O) groups is 4. The summed E-state index contributed by atoms with van der Waals surface area (Å²) in [7, 11) is 0. The number of hydrogen-bond acceptors (Lipinski definition) is 6. The van der Waals surface area contributed by atoms with Gasteiger partial charge in [0.05, 0.1) is 16.3 Å². The molecular formula is C29H30BrN5O4S. The minimum atomic E-state index is -0.961. The van der Waals surface area contributed by atoms with Crippen molar-refractivity contribution in [2.75, 3.05) is 6.54 Å². The quantitative estimate of drug-likeness (QED) is 0.192. The number of aromatic amines is 1. The van der Waals surface area contributed by atoms with Gasteiger partial charge >= 0.3 is 0 Å². The Morgan fingerprint density at radius 1 is 1.10 bits per heavy atom. The smallest absolute Gasteiger partial charge is 0.268 e. The Kier molecular flexibility index (Phi) is 8.32. The molecule has 11 heteroatoms. The maximum Gasteiger partial charge on any atom is 0.268 e. The molecule has 3 amide bonds. The van der Waals surface area contributed by atoms with E-state index in [1.165, 1.54) is 11.3 Å². The molecule has 3 heterocycles. The fraction of sp³-hybridized carbons (Fsp3) is 0.345. The molecule has 3 atom stereocenters. The molecule has 0 spiro atoms. The number of rotatable bonds is 10. The summed E-state index contributed by atoms with van der Waals surface area (Å²) in [6.07, 6.45) is 1.11. The van der Waals surface area contributed by atoms with Gasteiger partial charge in [-0.05, 0) is 55.5 Å². The zero-order valence-electron chi connectivity index (χ0n) is 22.1. The van der Waals surface area contributed by atoms with Crippen LogP contribution in [-0.4, -0.2) is 52.1 Å². The molecule has 1 aliphatic rings. The predicted octanol–water partition coefficient (Wildman–Crippen LogP) is 4.58. The highest BCUT2D eigenvalue weighted by molar-refractivity contribution is 9.10. The Balaban J connectivity index is 1.38. The highest BCUT2D eigenvalue weighted by Crippen LogP contribution is 2.26. The lowest BCUT2D eigenvalue weighted by molar-refractivity contribution is -0.125. The number of nitrogens with zero attached hydrogens (tertiary/aromatic N) is 1. The minimum absolute atomic E-state index is 0.0898. The van der Waals surface area contributed by atoms with Gasteiger partial charge < -0.3 is 20.9 Å². The van der Waals surface area contributed by atoms with E-state index in [4.69, 9.17) is 0 Å². The lowest BCUT2D eigenvalue weighted by Gasteiger charge is -2.24. The van der Waals surface area contributed by atoms with Crippen LogP contribution < -0.4 is 16.0 Å². The molecule has 5 rings (SSSR count). The molecule has 9 nitrogen and oxygen atoms in total. The number of thiazole rings is 1. The number of H-pyrrole nitrogens is 1. The van der Waals surface area contributed by atoms with E-state index < -0.39 is 29.8 Å². The first-order chi connectivity index (χ1) is 19.2. The molecule has 0 saturated carbocycles. The van der Waals surface area contributed by atoms with E-state index in [9.17, 15) is 19.2 Å². The molecule has 1 fully saturated rings. The molecule has 0 radical (unpaired) electrons. The van der Waals surface area contributed by atoms with Gasteiger partial charge in [0.15, 0.2) is 5.01 Å². The molecule has 0 unspecified atom stereocenters. The first-order valence-corrected chi connectivity index (χ1v) is 14.9. The second-order valence-electron chi connectivity index (χ2n) is 10.5. The van der Waals surface area contributed by atoms with E-state index in [0.29, 0.717) is 30.6 Å². The number of nitrogens with one attached hydrogen (secondary N) is 4. The van der Waals surface area contributed by atoms with Gasteiger partial charge in [0, 0.05) is 27.8 Å². The summed E-state index contributed by atoms with van der Waals surface area (Å²) < 4.78 is 1.72. The van der Waals surface area contributed by atoms with Crippen molar-refractivity contribution in [3.05, 3.63) is 63.7 Å². The maximum atomic E-state index is 13.7. The van der Waals surface area contributed by atoms with Crippen LogP contribution in [-0.2, 0) is 9.59 Å². The summed E-state index contributed by atoms with van der Waals surface area (Å²) in [6.45, 7) is 4.45. The number of ketones is 1. The fourth-order valence-electron chi connectivity index (χ4n) is 4.96. The normalized spacial score (nSPS) is 16.7. The van der Waals surface area contributed by atoms with Crippen LogP contribution in [0.4, 0.5) is 0 Å². The Morgan fingerprint density at radius 2 is 1.90 bits per heavy atom. The molecule has 40 heavy (non-hydrogen) atoms. The third kappa shape index (κ3) is 6.10. The van der Waals surface area contributed by atoms with E-state index in [2.05, 4.69) is 41.8 Å². The average molecular weight is 625 g/mol. The van der Waals surface area contributed by atoms with Crippen LogP contribution in [0.3, 0.4) is 0 Å². The van der Waals surface area contributed by atoms with Crippen molar-refractivity contribution in [1.82, 2.24) is 25.9 Å². The number of aromatic nitrogens is 2. The molecule has 1 saturated heterocycles. The molecule has 2 aromatic carbocycles. The molecule has 2 aromatic heterocycles. The van der Waals surface area contributed by atoms with Crippen molar-refractivity contribution in [2.24, 2.45) is 11.8 Å². The molecule has 0 bridgehead atoms. The van der Waals surface area contributed by atoms with Crippen LogP contribution in [0.25, 0.3) is 21.1 Å². The van der Waals surface area contributed by atoms with Crippen molar-refractivity contribution in [3.63, 3.8) is 0 Å². The molecule has 4 aromatic rings. The topological polar surface area (TPSA) is 133 Å². The number of hydrogen-bond donors (Lipinski definition) is 4. The molecular weight excluding hydrogens is 594 g/mol. The fourth-order valence-corrected chi connectivity index (χ4v) is 6.41. The van der Waals surface area contributed by atoms with Gasteiger partial charge in [0.25, 0.3) is 5.91 Å². The third-order valence-corrected chi connectivity index (χ3v) is 8.75. The zero-order chi connectivity index (χ0) is 28.4. The predicted molar refractivity (Wildman–Crippen MR) is 158 cm³/mol. The number of Topliss-reactive ketones (excluding diaryl/α,β-unsaturated/α-hetero) is 1. The van der Waals surface area contributed by atoms with Crippen LogP contribution in [0.2, 0.25) is 0 Å². The maximum absolute atomic E-state index is 13.7. The van der Waals surface area contributed by atoms with E-state index in [1.807, 2.05) is 56.3 Å². The van der Waals surface area contributed by atoms with Crippen molar-refractivity contribution in [2.45, 2.75) is 45.2 Å². The highest BCUT2D eigenvalue weighted by Gasteiger charge is 2.35. The second-order valence-corrected chi connectivity index (χ2v) is 12.3. The number of halogens is 1. The Morgan fingerprint density at radius 3 is 2.60 bits per heavy atom. The summed E-state index contributed by atoms with van der Waals surface area (Å²) in [4.78, 5) is 60.5. The Labute approximate surface area is 243 Å². The zero-order valence-corrected chi connectivity index (χ0v) is 24.5. The van der Waals surface area contributed by atoms with Crippen LogP contribution in [0.15, 0.2) is 53.0 Å². The van der Waals surface area contributed by atoms with Gasteiger partial charge in [-0.25, -0.2) is 4.98 Å². The van der Waals surface area contributed by atoms with Gasteiger partial charge in [-0.3, -0.25) is 19.2 Å². The molecule has 1 aliphatic heterocycles. The molecule has 0 aliphatic carbocycles. The Bertz CT molecular complexity index is 1560. The van der Waals surface area contributed by atoms with Gasteiger partial charge in [0.2, 0.25) is 17.6 Å². The summed E-state index contributed by atoms with van der Waals surface area (Å²) in [5.74, 6) is -1.68. The largest absolute Gasteiger partial charge is 0.356 e. The van der Waals surface area contributed by atoms with Crippen molar-refractivity contribution in [1.29, 1.82) is 0 Å². The summed E-state index contributed by atoms with van der Waals surface area (Å²) in [6, 6.07) is 13.0. The first kappa shape index (κ1) is 28.0. The van der Waals surface area contributed by atoms with Crippen LogP contribution in [0.5, 0.6) is 0 Å². The Hall–Kier alpha value is -3.57. The standard InChI is InChI=1S/C29H30BrN5O4S/c1-15(2)12-22(34-28(39)23-14-17-18(30)6-5-8-19(17)32-23)27(38)33-21(13-16-10-11-31-26(16)37)25(36)29-35-20-7-3-4-9-24(20)40-29/h3-9,14-16,21-22,32H,10-13H2,1-2H3,(H,31,37)(H,33,38)(H,34,39)/t16-,21-,22-/m0/s1. The van der Waals surface area contributed by atoms with Crippen molar-refractivity contribution >= 4 is 71.9 Å². The molecule has 208 valence electrons.